The number of rotatable bonds is 1. The highest BCUT2D eigenvalue weighted by atomic mass is 16.3. The summed E-state index contributed by atoms with van der Waals surface area (Å²) >= 11 is 0. The van der Waals surface area contributed by atoms with E-state index in [0.717, 1.165) is 19.3 Å². The molecule has 0 amide bonds. The van der Waals surface area contributed by atoms with Crippen LogP contribution in [-0.2, 0) is 0 Å². The molecule has 0 radical (unpaired) electrons. The first-order valence-corrected chi connectivity index (χ1v) is 6.44. The highest BCUT2D eigenvalue weighted by Crippen LogP contribution is 2.46. The highest BCUT2D eigenvalue weighted by molar-refractivity contribution is 5.20. The summed E-state index contributed by atoms with van der Waals surface area (Å²) in [5.41, 5.74) is 1.22. The molecule has 2 rings (SSSR count). The van der Waals surface area contributed by atoms with Gasteiger partial charge in [0.25, 0.3) is 0 Å². The maximum atomic E-state index is 10.8. The fraction of sp³-hybridized carbons (Fsp3) is 0.857. The Morgan fingerprint density at radius 3 is 2.53 bits per heavy atom. The van der Waals surface area contributed by atoms with Gasteiger partial charge in [0.1, 0.15) is 0 Å². The molecule has 0 aliphatic heterocycles. The lowest BCUT2D eigenvalue weighted by molar-refractivity contribution is -0.0120. The van der Waals surface area contributed by atoms with E-state index in [-0.39, 0.29) is 0 Å². The van der Waals surface area contributed by atoms with E-state index in [1.807, 2.05) is 0 Å². The molecule has 1 saturated carbocycles. The Balaban J connectivity index is 2.14. The third-order valence-electron chi connectivity index (χ3n) is 4.10. The van der Waals surface area contributed by atoms with E-state index in [4.69, 9.17) is 0 Å². The molecule has 1 unspecified atom stereocenters. The second-order valence-electron chi connectivity index (χ2n) is 6.20. The predicted molar refractivity (Wildman–Crippen MR) is 63.7 cm³/mol. The Morgan fingerprint density at radius 2 is 1.93 bits per heavy atom. The summed E-state index contributed by atoms with van der Waals surface area (Å²) in [4.78, 5) is 0. The Hall–Kier alpha value is -0.300. The summed E-state index contributed by atoms with van der Waals surface area (Å²) in [7, 11) is 0. The summed E-state index contributed by atoms with van der Waals surface area (Å²) < 4.78 is 0. The second kappa shape index (κ2) is 3.93. The predicted octanol–water partition coefficient (Wildman–Crippen LogP) is 3.82. The van der Waals surface area contributed by atoms with Gasteiger partial charge in [-0.3, -0.25) is 0 Å². The van der Waals surface area contributed by atoms with Crippen LogP contribution in [-0.4, -0.2) is 10.7 Å². The van der Waals surface area contributed by atoms with Gasteiger partial charge < -0.3 is 5.11 Å². The van der Waals surface area contributed by atoms with Gasteiger partial charge in [0.2, 0.25) is 0 Å². The van der Waals surface area contributed by atoms with E-state index < -0.39 is 5.60 Å². The van der Waals surface area contributed by atoms with Crippen molar-refractivity contribution in [2.45, 2.75) is 70.8 Å². The van der Waals surface area contributed by atoms with Gasteiger partial charge in [-0.2, -0.15) is 0 Å². The molecule has 1 atom stereocenters. The maximum absolute atomic E-state index is 10.8. The van der Waals surface area contributed by atoms with E-state index in [1.165, 1.54) is 37.7 Å². The van der Waals surface area contributed by atoms with Crippen LogP contribution in [0, 0.1) is 5.41 Å². The van der Waals surface area contributed by atoms with Crippen LogP contribution in [0.2, 0.25) is 0 Å². The van der Waals surface area contributed by atoms with Crippen molar-refractivity contribution in [2.24, 2.45) is 5.41 Å². The Morgan fingerprint density at radius 1 is 1.13 bits per heavy atom. The van der Waals surface area contributed by atoms with Crippen LogP contribution in [0.5, 0.6) is 0 Å². The Kier molecular flexibility index (Phi) is 2.94. The van der Waals surface area contributed by atoms with E-state index in [1.54, 1.807) is 0 Å². The monoisotopic (exact) mass is 208 g/mol. The van der Waals surface area contributed by atoms with Crippen molar-refractivity contribution in [3.8, 4) is 0 Å². The smallest absolute Gasteiger partial charge is 0.0861 e. The largest absolute Gasteiger partial charge is 0.385 e. The summed E-state index contributed by atoms with van der Waals surface area (Å²) in [6.45, 7) is 4.58. The Labute approximate surface area is 93.6 Å². The first-order chi connectivity index (χ1) is 7.02. The average Bonchev–Trinajstić information content (AvgIpc) is 2.17. The molecular weight excluding hydrogens is 184 g/mol. The van der Waals surface area contributed by atoms with Crippen molar-refractivity contribution in [1.82, 2.24) is 0 Å². The molecular formula is C14H24O. The van der Waals surface area contributed by atoms with E-state index >= 15 is 0 Å². The summed E-state index contributed by atoms with van der Waals surface area (Å²) in [6, 6.07) is 0. The van der Waals surface area contributed by atoms with Crippen LogP contribution in [0.15, 0.2) is 11.6 Å². The van der Waals surface area contributed by atoms with Gasteiger partial charge in [-0.25, -0.2) is 0 Å². The van der Waals surface area contributed by atoms with E-state index in [9.17, 15) is 5.11 Å². The SMILES string of the molecule is CC1(C)CCCC(O)(C2=CCCCC2)C1. The van der Waals surface area contributed by atoms with Gasteiger partial charge in [0.05, 0.1) is 5.60 Å². The van der Waals surface area contributed by atoms with Crippen LogP contribution in [0.4, 0.5) is 0 Å². The second-order valence-corrected chi connectivity index (χ2v) is 6.20. The van der Waals surface area contributed by atoms with Gasteiger partial charge in [-0.1, -0.05) is 19.9 Å². The lowest BCUT2D eigenvalue weighted by Crippen LogP contribution is -2.41. The van der Waals surface area contributed by atoms with Gasteiger partial charge in [-0.05, 0) is 62.4 Å². The molecule has 0 bridgehead atoms. The first-order valence-electron chi connectivity index (χ1n) is 6.44. The number of allylic oxidation sites excluding steroid dienone is 1. The zero-order valence-corrected chi connectivity index (χ0v) is 10.2. The molecule has 0 saturated heterocycles. The zero-order valence-electron chi connectivity index (χ0n) is 10.2. The first kappa shape index (κ1) is 11.2. The summed E-state index contributed by atoms with van der Waals surface area (Å²) in [6.07, 6.45) is 11.6. The van der Waals surface area contributed by atoms with Crippen molar-refractivity contribution in [3.05, 3.63) is 11.6 Å². The highest BCUT2D eigenvalue weighted by Gasteiger charge is 2.40. The average molecular weight is 208 g/mol. The molecule has 15 heavy (non-hydrogen) atoms. The normalized spacial score (nSPS) is 36.1. The van der Waals surface area contributed by atoms with Gasteiger partial charge in [0.15, 0.2) is 0 Å². The Bertz CT molecular complexity index is 265. The van der Waals surface area contributed by atoms with Gasteiger partial charge in [-0.15, -0.1) is 0 Å². The van der Waals surface area contributed by atoms with E-state index in [0.29, 0.717) is 5.41 Å². The third-order valence-corrected chi connectivity index (χ3v) is 4.10. The summed E-state index contributed by atoms with van der Waals surface area (Å²) in [5, 5.41) is 10.8. The van der Waals surface area contributed by atoms with Crippen LogP contribution in [0.3, 0.4) is 0 Å². The molecule has 2 aliphatic rings. The van der Waals surface area contributed by atoms with E-state index in [2.05, 4.69) is 19.9 Å². The number of hydrogen-bond acceptors (Lipinski definition) is 1. The fourth-order valence-corrected chi connectivity index (χ4v) is 3.36. The standard InChI is InChI=1S/C14H24O/c1-13(2)9-6-10-14(15,11-13)12-7-4-3-5-8-12/h7,15H,3-6,8-11H2,1-2H3. The lowest BCUT2D eigenvalue weighted by atomic mass is 9.66. The minimum Gasteiger partial charge on any atom is -0.385 e. The maximum Gasteiger partial charge on any atom is 0.0861 e. The zero-order chi connectivity index (χ0) is 10.9. The van der Waals surface area contributed by atoms with Crippen LogP contribution >= 0.6 is 0 Å². The van der Waals surface area contributed by atoms with Crippen molar-refractivity contribution in [3.63, 3.8) is 0 Å². The van der Waals surface area contributed by atoms with Crippen molar-refractivity contribution < 1.29 is 5.11 Å². The molecule has 86 valence electrons. The molecule has 1 fully saturated rings. The molecule has 1 nitrogen and oxygen atoms in total. The molecule has 0 aromatic carbocycles. The van der Waals surface area contributed by atoms with Crippen molar-refractivity contribution in [1.29, 1.82) is 0 Å². The molecule has 0 aromatic heterocycles. The van der Waals surface area contributed by atoms with Gasteiger partial charge >= 0.3 is 0 Å². The van der Waals surface area contributed by atoms with Crippen LogP contribution < -0.4 is 0 Å². The van der Waals surface area contributed by atoms with Gasteiger partial charge in [0, 0.05) is 0 Å². The molecule has 0 spiro atoms. The fourth-order valence-electron chi connectivity index (χ4n) is 3.36. The van der Waals surface area contributed by atoms with Crippen LogP contribution in [0.1, 0.15) is 65.2 Å². The quantitative estimate of drug-likeness (QED) is 0.649. The number of hydrogen-bond donors (Lipinski definition) is 1. The molecule has 1 heteroatoms. The summed E-state index contributed by atoms with van der Waals surface area (Å²) in [5.74, 6) is 0. The molecule has 0 heterocycles. The van der Waals surface area contributed by atoms with Crippen molar-refractivity contribution in [2.75, 3.05) is 0 Å². The lowest BCUT2D eigenvalue weighted by Gasteiger charge is -2.43. The third kappa shape index (κ3) is 2.44. The minimum absolute atomic E-state index is 0.325. The molecule has 2 aliphatic carbocycles. The van der Waals surface area contributed by atoms with Crippen LogP contribution in [0.25, 0.3) is 0 Å². The number of aliphatic hydroxyl groups is 1. The molecule has 1 N–H and O–H groups in total. The van der Waals surface area contributed by atoms with Crippen molar-refractivity contribution >= 4 is 0 Å². The topological polar surface area (TPSA) is 20.2 Å². The molecule has 0 aromatic rings. The minimum atomic E-state index is -0.456.